The van der Waals surface area contributed by atoms with Crippen molar-refractivity contribution >= 4 is 17.9 Å². The molecule has 31 heavy (non-hydrogen) atoms. The lowest BCUT2D eigenvalue weighted by Gasteiger charge is -2.25. The second-order valence-corrected chi connectivity index (χ2v) is 8.58. The number of hydrogen-bond donors (Lipinski definition) is 1. The molecule has 2 aliphatic rings. The molecule has 0 radical (unpaired) electrons. The van der Waals surface area contributed by atoms with Crippen LogP contribution in [-0.2, 0) is 28.9 Å². The van der Waals surface area contributed by atoms with Gasteiger partial charge in [0.15, 0.2) is 0 Å². The number of benzene rings is 2. The Bertz CT molecular complexity index is 848. The first kappa shape index (κ1) is 23.2. The normalized spacial score (nSPS) is 14.1. The third-order valence-electron chi connectivity index (χ3n) is 6.03. The molecule has 2 heterocycles. The van der Waals surface area contributed by atoms with E-state index in [1.165, 1.54) is 40.8 Å². The summed E-state index contributed by atoms with van der Waals surface area (Å²) in [6.07, 6.45) is 10.1. The summed E-state index contributed by atoms with van der Waals surface area (Å²) < 4.78 is 0. The summed E-state index contributed by atoms with van der Waals surface area (Å²) in [5.41, 5.74) is 6.72. The number of carbonyl (C=O) groups is 2. The van der Waals surface area contributed by atoms with E-state index in [-0.39, 0.29) is 0 Å². The fourth-order valence-corrected chi connectivity index (χ4v) is 4.47. The summed E-state index contributed by atoms with van der Waals surface area (Å²) >= 11 is 0. The number of carbonyl (C=O) groups excluding carboxylic acids is 2. The quantitative estimate of drug-likeness (QED) is 0.444. The van der Waals surface area contributed by atoms with Crippen molar-refractivity contribution in [3.05, 3.63) is 64.7 Å². The van der Waals surface area contributed by atoms with Crippen molar-refractivity contribution in [1.82, 2.24) is 5.32 Å². The Labute approximate surface area is 187 Å². The van der Waals surface area contributed by atoms with Gasteiger partial charge < -0.3 is 15.0 Å². The van der Waals surface area contributed by atoms with Crippen LogP contribution >= 0.6 is 0 Å². The van der Waals surface area contributed by atoms with Crippen LogP contribution in [0.1, 0.15) is 60.8 Å². The minimum absolute atomic E-state index is 0.306. The van der Waals surface area contributed by atoms with Gasteiger partial charge in [0.05, 0.1) is 5.69 Å². The number of anilines is 1. The van der Waals surface area contributed by atoms with Crippen molar-refractivity contribution < 1.29 is 9.59 Å². The molecule has 0 saturated carbocycles. The first-order chi connectivity index (χ1) is 15.2. The highest BCUT2D eigenvalue weighted by atomic mass is 16.2. The van der Waals surface area contributed by atoms with Gasteiger partial charge >= 0.3 is 0 Å². The third kappa shape index (κ3) is 7.03. The van der Waals surface area contributed by atoms with Crippen molar-refractivity contribution in [1.29, 1.82) is 0 Å². The Kier molecular flexibility index (Phi) is 9.29. The van der Waals surface area contributed by atoms with Crippen molar-refractivity contribution in [3.8, 4) is 0 Å². The van der Waals surface area contributed by atoms with Crippen LogP contribution in [0.25, 0.3) is 0 Å². The van der Waals surface area contributed by atoms with E-state index in [0.29, 0.717) is 18.7 Å². The van der Waals surface area contributed by atoms with Crippen LogP contribution in [-0.4, -0.2) is 31.8 Å². The molecule has 2 aromatic carbocycles. The number of amides is 1. The zero-order valence-electron chi connectivity index (χ0n) is 18.9. The van der Waals surface area contributed by atoms with Gasteiger partial charge in [-0.05, 0) is 75.2 Å². The highest BCUT2D eigenvalue weighted by Crippen LogP contribution is 2.37. The molecular formula is C27H36N2O2. The average Bonchev–Trinajstić information content (AvgIpc) is 3.21. The molecule has 0 saturated heterocycles. The summed E-state index contributed by atoms with van der Waals surface area (Å²) in [5, 5.41) is 3.44. The molecule has 4 heteroatoms. The lowest BCUT2D eigenvalue weighted by molar-refractivity contribution is -0.118. The summed E-state index contributed by atoms with van der Waals surface area (Å²) in [5.74, 6) is 0.306. The maximum absolute atomic E-state index is 11.6. The van der Waals surface area contributed by atoms with Crippen LogP contribution in [0.3, 0.4) is 0 Å². The predicted octanol–water partition coefficient (Wildman–Crippen LogP) is 4.80. The third-order valence-corrected chi connectivity index (χ3v) is 6.03. The standard InChI is InChI=1S/C15H23NO.C12H13NO/c17-14-7-2-1-6-12-16-13-8-11-15-9-4-3-5-10-15;1-8-6-9-2-3-11(14)13-5-4-10(7-8)12(9)13/h3-5,9-10,14,16H,1-2,6-8,11-13H2;6-7H,2-5H2,1H3. The van der Waals surface area contributed by atoms with Crippen molar-refractivity contribution in [3.63, 3.8) is 0 Å². The Balaban J connectivity index is 0.000000178. The van der Waals surface area contributed by atoms with Gasteiger partial charge in [0, 0.05) is 19.4 Å². The number of aryl methyl sites for hydroxylation is 3. The van der Waals surface area contributed by atoms with Crippen LogP contribution < -0.4 is 10.2 Å². The Hall–Kier alpha value is -2.46. The number of unbranched alkanes of at least 4 members (excludes halogenated alkanes) is 3. The highest BCUT2D eigenvalue weighted by Gasteiger charge is 2.30. The van der Waals surface area contributed by atoms with E-state index in [1.54, 1.807) is 0 Å². The molecule has 0 aliphatic carbocycles. The first-order valence-corrected chi connectivity index (χ1v) is 11.8. The van der Waals surface area contributed by atoms with E-state index in [4.69, 9.17) is 0 Å². The van der Waals surface area contributed by atoms with Gasteiger partial charge in [-0.3, -0.25) is 4.79 Å². The highest BCUT2D eigenvalue weighted by molar-refractivity contribution is 5.98. The maximum Gasteiger partial charge on any atom is 0.227 e. The second-order valence-electron chi connectivity index (χ2n) is 8.58. The fourth-order valence-electron chi connectivity index (χ4n) is 4.47. The van der Waals surface area contributed by atoms with Crippen LogP contribution in [0.15, 0.2) is 42.5 Å². The SMILES string of the molecule is Cc1cc2c3c(c1)CCN3C(=O)CC2.O=CCCCCCNCCCc1ccccc1. The molecule has 2 aromatic rings. The molecule has 1 N–H and O–H groups in total. The van der Waals surface area contributed by atoms with Gasteiger partial charge in [0.1, 0.15) is 6.29 Å². The number of hydrogen-bond acceptors (Lipinski definition) is 3. The van der Waals surface area contributed by atoms with Crippen LogP contribution in [0.5, 0.6) is 0 Å². The van der Waals surface area contributed by atoms with Crippen molar-refractivity contribution in [2.45, 2.75) is 64.7 Å². The van der Waals surface area contributed by atoms with E-state index >= 15 is 0 Å². The fraction of sp³-hybridized carbons (Fsp3) is 0.481. The lowest BCUT2D eigenvalue weighted by atomic mass is 9.97. The van der Waals surface area contributed by atoms with E-state index in [9.17, 15) is 9.59 Å². The monoisotopic (exact) mass is 420 g/mol. The molecule has 0 atom stereocenters. The molecule has 0 unspecified atom stereocenters. The minimum atomic E-state index is 0.306. The van der Waals surface area contributed by atoms with Crippen LogP contribution in [0.2, 0.25) is 0 Å². The van der Waals surface area contributed by atoms with Gasteiger partial charge in [-0.25, -0.2) is 0 Å². The summed E-state index contributed by atoms with van der Waals surface area (Å²) in [4.78, 5) is 23.7. The van der Waals surface area contributed by atoms with Crippen molar-refractivity contribution in [2.75, 3.05) is 24.5 Å². The molecule has 2 aliphatic heterocycles. The molecule has 4 rings (SSSR count). The molecule has 0 bridgehead atoms. The smallest absolute Gasteiger partial charge is 0.227 e. The van der Waals surface area contributed by atoms with Crippen LogP contribution in [0, 0.1) is 6.92 Å². The van der Waals surface area contributed by atoms with Crippen molar-refractivity contribution in [2.24, 2.45) is 0 Å². The van der Waals surface area contributed by atoms with Gasteiger partial charge in [0.25, 0.3) is 0 Å². The van der Waals surface area contributed by atoms with Crippen LogP contribution in [0.4, 0.5) is 5.69 Å². The topological polar surface area (TPSA) is 49.4 Å². The summed E-state index contributed by atoms with van der Waals surface area (Å²) in [6.45, 7) is 5.19. The Morgan fingerprint density at radius 3 is 2.45 bits per heavy atom. The minimum Gasteiger partial charge on any atom is -0.317 e. The first-order valence-electron chi connectivity index (χ1n) is 11.8. The molecule has 1 amide bonds. The summed E-state index contributed by atoms with van der Waals surface area (Å²) in [6, 6.07) is 15.0. The van der Waals surface area contributed by atoms with Gasteiger partial charge in [-0.1, -0.05) is 54.4 Å². The Morgan fingerprint density at radius 2 is 1.68 bits per heavy atom. The van der Waals surface area contributed by atoms with E-state index in [0.717, 1.165) is 58.0 Å². The zero-order chi connectivity index (χ0) is 21.9. The van der Waals surface area contributed by atoms with Gasteiger partial charge in [-0.2, -0.15) is 0 Å². The average molecular weight is 421 g/mol. The van der Waals surface area contributed by atoms with E-state index in [1.807, 2.05) is 4.90 Å². The number of aldehydes is 1. The largest absolute Gasteiger partial charge is 0.317 e. The predicted molar refractivity (Wildman–Crippen MR) is 128 cm³/mol. The van der Waals surface area contributed by atoms with Gasteiger partial charge in [-0.15, -0.1) is 0 Å². The molecular weight excluding hydrogens is 384 g/mol. The number of nitrogens with one attached hydrogen (secondary N) is 1. The molecule has 0 spiro atoms. The maximum atomic E-state index is 11.6. The Morgan fingerprint density at radius 1 is 0.935 bits per heavy atom. The lowest BCUT2D eigenvalue weighted by Crippen LogP contribution is -2.32. The number of nitrogens with zero attached hydrogens (tertiary/aromatic N) is 1. The molecule has 166 valence electrons. The second kappa shape index (κ2) is 12.4. The van der Waals surface area contributed by atoms with E-state index in [2.05, 4.69) is 54.7 Å². The summed E-state index contributed by atoms with van der Waals surface area (Å²) in [7, 11) is 0. The van der Waals surface area contributed by atoms with Gasteiger partial charge in [0.2, 0.25) is 5.91 Å². The zero-order valence-corrected chi connectivity index (χ0v) is 18.9. The molecule has 4 nitrogen and oxygen atoms in total. The molecule has 0 aromatic heterocycles. The number of rotatable bonds is 10. The molecule has 0 fully saturated rings. The van der Waals surface area contributed by atoms with E-state index < -0.39 is 0 Å².